The van der Waals surface area contributed by atoms with Gasteiger partial charge in [-0.1, -0.05) is 201 Å². The van der Waals surface area contributed by atoms with Crippen molar-refractivity contribution in [3.63, 3.8) is 0 Å². The van der Waals surface area contributed by atoms with Crippen LogP contribution < -0.4 is 0 Å². The summed E-state index contributed by atoms with van der Waals surface area (Å²) in [6.07, 6.45) is 48.5. The Morgan fingerprint density at radius 2 is 0.930 bits per heavy atom. The van der Waals surface area contributed by atoms with Crippen molar-refractivity contribution in [3.8, 4) is 0 Å². The highest BCUT2D eigenvalue weighted by Gasteiger charge is 2.50. The number of ether oxygens (including phenoxy) is 5. The molecule has 0 radical (unpaired) electrons. The lowest BCUT2D eigenvalue weighted by Crippen LogP contribution is -2.61. The van der Waals surface area contributed by atoms with E-state index in [-0.39, 0.29) is 25.9 Å². The zero-order valence-electron chi connectivity index (χ0n) is 43.9. The van der Waals surface area contributed by atoms with Crippen LogP contribution in [0.15, 0.2) is 97.2 Å². The molecule has 0 aromatic carbocycles. The Morgan fingerprint density at radius 3 is 1.42 bits per heavy atom. The number of allylic oxidation sites excluding steroid dienone is 15. The molecule has 1 aliphatic heterocycles. The second-order valence-electron chi connectivity index (χ2n) is 18.1. The molecule has 1 heterocycles. The molecule has 1 fully saturated rings. The monoisotopic (exact) mass is 995 g/mol. The van der Waals surface area contributed by atoms with Crippen LogP contribution in [0.2, 0.25) is 0 Å². The van der Waals surface area contributed by atoms with E-state index in [1.165, 1.54) is 44.9 Å². The molecule has 0 aromatic rings. The van der Waals surface area contributed by atoms with E-state index < -0.39 is 67.3 Å². The fourth-order valence-electron chi connectivity index (χ4n) is 7.57. The summed E-state index contributed by atoms with van der Waals surface area (Å²) in [5, 5.41) is 31.4. The topological polar surface area (TPSA) is 175 Å². The number of rotatable bonds is 44. The second kappa shape index (κ2) is 46.7. The molecule has 1 rings (SSSR count). The molecule has 1 saturated heterocycles. The van der Waals surface area contributed by atoms with Crippen LogP contribution in [0.5, 0.6) is 0 Å². The smallest absolute Gasteiger partial charge is 0.335 e. The second-order valence-corrected chi connectivity index (χ2v) is 18.1. The Hall–Kier alpha value is -4.36. The van der Waals surface area contributed by atoms with Crippen molar-refractivity contribution in [1.82, 2.24) is 0 Å². The van der Waals surface area contributed by atoms with Gasteiger partial charge >= 0.3 is 23.9 Å². The molecule has 12 nitrogen and oxygen atoms in total. The van der Waals surface area contributed by atoms with E-state index in [4.69, 9.17) is 23.7 Å². The van der Waals surface area contributed by atoms with Gasteiger partial charge in [-0.2, -0.15) is 0 Å². The lowest BCUT2D eigenvalue weighted by molar-refractivity contribution is -0.301. The molecule has 6 atom stereocenters. The highest BCUT2D eigenvalue weighted by Crippen LogP contribution is 2.26. The Bertz CT molecular complexity index is 1610. The van der Waals surface area contributed by atoms with Crippen LogP contribution in [-0.2, 0) is 42.9 Å². The lowest BCUT2D eigenvalue weighted by atomic mass is 9.98. The minimum atomic E-state index is -1.92. The first-order valence-corrected chi connectivity index (χ1v) is 27.2. The van der Waals surface area contributed by atoms with Gasteiger partial charge in [0.2, 0.25) is 0 Å². The van der Waals surface area contributed by atoms with Crippen LogP contribution in [-0.4, -0.2) is 89.2 Å². The van der Waals surface area contributed by atoms with Crippen molar-refractivity contribution in [1.29, 1.82) is 0 Å². The summed E-state index contributed by atoms with van der Waals surface area (Å²) in [5.41, 5.74) is 0. The van der Waals surface area contributed by atoms with Crippen molar-refractivity contribution in [3.05, 3.63) is 97.2 Å². The van der Waals surface area contributed by atoms with Crippen LogP contribution in [0.4, 0.5) is 0 Å². The maximum atomic E-state index is 13.1. The molecular formula is C59H94O12. The van der Waals surface area contributed by atoms with Crippen molar-refractivity contribution in [2.75, 3.05) is 13.2 Å². The van der Waals surface area contributed by atoms with E-state index in [1.54, 1.807) is 6.08 Å². The molecular weight excluding hydrogens is 901 g/mol. The number of unbranched alkanes of at least 4 members (excludes halogenated alkanes) is 15. The van der Waals surface area contributed by atoms with Crippen LogP contribution in [0, 0.1) is 0 Å². The number of aliphatic hydroxyl groups excluding tert-OH is 2. The maximum Gasteiger partial charge on any atom is 0.335 e. The number of carbonyl (C=O) groups is 4. The molecule has 0 aliphatic carbocycles. The number of hydrogen-bond donors (Lipinski definition) is 3. The molecule has 402 valence electrons. The molecule has 0 saturated carbocycles. The predicted octanol–water partition coefficient (Wildman–Crippen LogP) is 13.3. The Labute approximate surface area is 428 Å². The van der Waals surface area contributed by atoms with Gasteiger partial charge in [0.25, 0.3) is 0 Å². The lowest BCUT2D eigenvalue weighted by Gasteiger charge is -2.40. The summed E-state index contributed by atoms with van der Waals surface area (Å²) in [6, 6.07) is 0. The number of carboxylic acid groups (broad SMARTS) is 1. The van der Waals surface area contributed by atoms with Gasteiger partial charge in [0, 0.05) is 12.8 Å². The largest absolute Gasteiger partial charge is 0.479 e. The van der Waals surface area contributed by atoms with Crippen LogP contribution >= 0.6 is 0 Å². The fraction of sp³-hybridized carbons (Fsp3) is 0.661. The van der Waals surface area contributed by atoms with Gasteiger partial charge in [0.1, 0.15) is 18.8 Å². The Balaban J connectivity index is 2.78. The summed E-state index contributed by atoms with van der Waals surface area (Å²) in [7, 11) is 0. The van der Waals surface area contributed by atoms with Crippen LogP contribution in [0.1, 0.15) is 201 Å². The first kappa shape index (κ1) is 64.7. The highest BCUT2D eigenvalue weighted by molar-refractivity contribution is 5.74. The van der Waals surface area contributed by atoms with E-state index in [9.17, 15) is 34.5 Å². The molecule has 0 aromatic heterocycles. The molecule has 0 spiro atoms. The third kappa shape index (κ3) is 37.1. The fourth-order valence-corrected chi connectivity index (χ4v) is 7.57. The van der Waals surface area contributed by atoms with Crippen molar-refractivity contribution < 1.29 is 58.2 Å². The summed E-state index contributed by atoms with van der Waals surface area (Å²) in [5.74, 6) is -3.32. The van der Waals surface area contributed by atoms with E-state index >= 15 is 0 Å². The standard InChI is InChI=1S/C59H94O12/c1-4-7-10-13-16-19-22-24-26-28-31-33-36-39-42-45-51(60)67-48-50(69-52(61)46-43-40-37-34-30-21-18-15-12-9-6-3)49-68-59-57(55(64)54(63)56(71-59)58(65)66)70-53(62)47-44-41-38-35-32-29-27-25-23-20-17-14-11-8-5-2/h7-8,10-11,16-17,19-20,24-27,31,33,39,42,50,54-57,59,63-64H,4-6,9,12-15,18,21-23,28-30,32,34-38,40-41,43-49H2,1-3H3,(H,65,66)/b10-7-,11-8-,19-16-,20-17-,26-24-,27-25-,33-31-,42-39-. The normalized spacial score (nSPS) is 19.3. The predicted molar refractivity (Wildman–Crippen MR) is 284 cm³/mol. The van der Waals surface area contributed by atoms with E-state index in [0.717, 1.165) is 96.3 Å². The Morgan fingerprint density at radius 1 is 0.493 bits per heavy atom. The minimum Gasteiger partial charge on any atom is -0.479 e. The van der Waals surface area contributed by atoms with Gasteiger partial charge in [-0.25, -0.2) is 4.79 Å². The molecule has 71 heavy (non-hydrogen) atoms. The maximum absolute atomic E-state index is 13.1. The zero-order valence-corrected chi connectivity index (χ0v) is 43.9. The van der Waals surface area contributed by atoms with E-state index in [1.807, 2.05) is 12.2 Å². The summed E-state index contributed by atoms with van der Waals surface area (Å²) in [6.45, 7) is 5.63. The number of carbonyl (C=O) groups excluding carboxylic acids is 3. The van der Waals surface area contributed by atoms with Gasteiger partial charge in [0.05, 0.1) is 13.0 Å². The average molecular weight is 995 g/mol. The molecule has 12 heteroatoms. The molecule has 6 unspecified atom stereocenters. The van der Waals surface area contributed by atoms with Crippen molar-refractivity contribution in [2.45, 2.75) is 237 Å². The van der Waals surface area contributed by atoms with Gasteiger partial charge < -0.3 is 39.0 Å². The summed E-state index contributed by atoms with van der Waals surface area (Å²) >= 11 is 0. The Kier molecular flexibility index (Phi) is 42.5. The summed E-state index contributed by atoms with van der Waals surface area (Å²) < 4.78 is 28.2. The molecule has 1 aliphatic rings. The van der Waals surface area contributed by atoms with E-state index in [0.29, 0.717) is 19.3 Å². The first-order chi connectivity index (χ1) is 34.6. The molecule has 3 N–H and O–H groups in total. The third-order valence-electron chi connectivity index (χ3n) is 11.7. The van der Waals surface area contributed by atoms with Crippen molar-refractivity contribution >= 4 is 23.9 Å². The van der Waals surface area contributed by atoms with Gasteiger partial charge in [-0.15, -0.1) is 0 Å². The van der Waals surface area contributed by atoms with Gasteiger partial charge in [-0.3, -0.25) is 14.4 Å². The number of hydrogen-bond acceptors (Lipinski definition) is 11. The van der Waals surface area contributed by atoms with Gasteiger partial charge in [0.15, 0.2) is 24.6 Å². The number of aliphatic hydroxyl groups is 2. The minimum absolute atomic E-state index is 0.0188. The van der Waals surface area contributed by atoms with Crippen LogP contribution in [0.3, 0.4) is 0 Å². The first-order valence-electron chi connectivity index (χ1n) is 27.2. The molecule has 0 bridgehead atoms. The zero-order chi connectivity index (χ0) is 51.8. The van der Waals surface area contributed by atoms with Crippen LogP contribution in [0.25, 0.3) is 0 Å². The number of carboxylic acids is 1. The molecule has 0 amide bonds. The van der Waals surface area contributed by atoms with E-state index in [2.05, 4.69) is 99.8 Å². The number of esters is 3. The highest BCUT2D eigenvalue weighted by atomic mass is 16.7. The number of aliphatic carboxylic acids is 1. The summed E-state index contributed by atoms with van der Waals surface area (Å²) in [4.78, 5) is 50.8. The van der Waals surface area contributed by atoms with Crippen molar-refractivity contribution in [2.24, 2.45) is 0 Å². The van der Waals surface area contributed by atoms with Gasteiger partial charge in [-0.05, 0) is 77.0 Å². The average Bonchev–Trinajstić information content (AvgIpc) is 3.35. The third-order valence-corrected chi connectivity index (χ3v) is 11.7. The quantitative estimate of drug-likeness (QED) is 0.0228. The SMILES string of the molecule is CC/C=C\C/C=C\C/C=C\C/C=C\C/C=C\CC(=O)OCC(COC1OC(C(=O)O)C(O)C(O)C1OC(=O)CCCCCCC/C=C\C/C=C\C/C=C\CC)OC(=O)CCCCCCCCCCCCC.